The summed E-state index contributed by atoms with van der Waals surface area (Å²) < 4.78 is 1.43. The second-order valence-electron chi connectivity index (χ2n) is 3.51. The Morgan fingerprint density at radius 1 is 1.04 bits per heavy atom. The lowest BCUT2D eigenvalue weighted by Crippen LogP contribution is -1.95. The Hall–Kier alpha value is -3.61. The van der Waals surface area contributed by atoms with Gasteiger partial charge in [0.1, 0.15) is 6.73 Å². The summed E-state index contributed by atoms with van der Waals surface area (Å²) in [5, 5.41) is 45.7. The van der Waals surface area contributed by atoms with Crippen LogP contribution in [0.15, 0.2) is 30.9 Å². The van der Waals surface area contributed by atoms with Crippen molar-refractivity contribution >= 4 is 11.9 Å². The summed E-state index contributed by atoms with van der Waals surface area (Å²) in [6, 6.07) is 1.76. The molecule has 0 amide bonds. The zero-order chi connectivity index (χ0) is 17.1. The van der Waals surface area contributed by atoms with Crippen molar-refractivity contribution in [1.82, 2.24) is 40.6 Å². The highest BCUT2D eigenvalue weighted by atomic mass is 16.4. The second kappa shape index (κ2) is 9.35. The van der Waals surface area contributed by atoms with Crippen LogP contribution in [0.1, 0.15) is 21.0 Å². The van der Waals surface area contributed by atoms with Gasteiger partial charge in [0, 0.05) is 12.4 Å². The van der Waals surface area contributed by atoms with Crippen molar-refractivity contribution in [2.45, 2.75) is 6.73 Å². The van der Waals surface area contributed by atoms with Crippen LogP contribution in [-0.4, -0.2) is 67.9 Å². The molecule has 0 saturated heterocycles. The van der Waals surface area contributed by atoms with E-state index in [1.165, 1.54) is 17.1 Å². The number of aromatic nitrogens is 8. The maximum atomic E-state index is 9.94. The van der Waals surface area contributed by atoms with Gasteiger partial charge in [-0.25, -0.2) is 14.3 Å². The van der Waals surface area contributed by atoms with E-state index < -0.39 is 11.9 Å². The Kier molecular flexibility index (Phi) is 7.09. The number of aliphatic hydroxyl groups excluding tert-OH is 1. The molecule has 0 aliphatic rings. The molecule has 0 bridgehead atoms. The van der Waals surface area contributed by atoms with E-state index in [-0.39, 0.29) is 18.1 Å². The van der Waals surface area contributed by atoms with Gasteiger partial charge in [-0.15, -0.1) is 10.2 Å². The summed E-state index contributed by atoms with van der Waals surface area (Å²) in [5.74, 6) is -2.14. The first-order valence-electron chi connectivity index (χ1n) is 5.82. The van der Waals surface area contributed by atoms with Crippen molar-refractivity contribution in [3.8, 4) is 0 Å². The first-order valence-corrected chi connectivity index (χ1v) is 5.82. The van der Waals surface area contributed by atoms with Crippen LogP contribution in [0, 0.1) is 0 Å². The van der Waals surface area contributed by atoms with Gasteiger partial charge in [0.05, 0.1) is 12.4 Å². The third-order valence-electron chi connectivity index (χ3n) is 1.98. The smallest absolute Gasteiger partial charge is 0.358 e. The average Bonchev–Trinajstić information content (AvgIpc) is 3.30. The minimum Gasteiger partial charge on any atom is -0.476 e. The van der Waals surface area contributed by atoms with Crippen LogP contribution >= 0.6 is 0 Å². The van der Waals surface area contributed by atoms with Crippen LogP contribution in [0.2, 0.25) is 0 Å². The average molecular weight is 324 g/mol. The quantitative estimate of drug-likeness (QED) is 0.391. The van der Waals surface area contributed by atoms with Crippen molar-refractivity contribution < 1.29 is 24.9 Å². The van der Waals surface area contributed by atoms with E-state index in [0.717, 1.165) is 0 Å². The highest BCUT2D eigenvalue weighted by Crippen LogP contribution is 1.85. The van der Waals surface area contributed by atoms with Crippen LogP contribution in [0.4, 0.5) is 0 Å². The Morgan fingerprint density at radius 2 is 1.57 bits per heavy atom. The minimum atomic E-state index is -1.07. The molecule has 3 heterocycles. The first kappa shape index (κ1) is 17.4. The Labute approximate surface area is 127 Å². The van der Waals surface area contributed by atoms with Crippen molar-refractivity contribution in [2.24, 2.45) is 0 Å². The van der Waals surface area contributed by atoms with E-state index in [4.69, 9.17) is 15.3 Å². The maximum Gasteiger partial charge on any atom is 0.358 e. The van der Waals surface area contributed by atoms with Crippen LogP contribution in [-0.2, 0) is 6.73 Å². The molecule has 3 aromatic rings. The predicted molar refractivity (Wildman–Crippen MR) is 71.1 cm³/mol. The molecule has 0 unspecified atom stereocenters. The molecule has 0 saturated carbocycles. The third kappa shape index (κ3) is 6.58. The number of aromatic carboxylic acids is 2. The Bertz CT molecular complexity index is 635. The fraction of sp³-hybridized carbons (Fsp3) is 0.100. The minimum absolute atomic E-state index is 0.0347. The Morgan fingerprint density at radius 3 is 1.74 bits per heavy atom. The number of nitrogens with zero attached hydrogens (tertiary/aromatic N) is 6. The van der Waals surface area contributed by atoms with E-state index in [9.17, 15) is 9.59 Å². The van der Waals surface area contributed by atoms with Crippen molar-refractivity contribution in [3.63, 3.8) is 0 Å². The molecule has 5 N–H and O–H groups in total. The molecule has 122 valence electrons. The van der Waals surface area contributed by atoms with Gasteiger partial charge in [-0.3, -0.25) is 10.2 Å². The lowest BCUT2D eigenvalue weighted by Gasteiger charge is -1.87. The van der Waals surface area contributed by atoms with E-state index in [1.807, 2.05) is 0 Å². The lowest BCUT2D eigenvalue weighted by molar-refractivity contribution is 0.0679. The molecular weight excluding hydrogens is 312 g/mol. The van der Waals surface area contributed by atoms with E-state index in [2.05, 4.69) is 35.9 Å². The molecule has 0 atom stereocenters. The van der Waals surface area contributed by atoms with Gasteiger partial charge < -0.3 is 15.3 Å². The summed E-state index contributed by atoms with van der Waals surface area (Å²) in [7, 11) is 0. The van der Waals surface area contributed by atoms with Crippen molar-refractivity contribution in [2.75, 3.05) is 0 Å². The molecule has 3 rings (SSSR count). The van der Waals surface area contributed by atoms with Gasteiger partial charge in [0.15, 0.2) is 11.4 Å². The second-order valence-corrected chi connectivity index (χ2v) is 3.51. The molecule has 0 fully saturated rings. The maximum absolute atomic E-state index is 9.94. The molecule has 13 nitrogen and oxygen atoms in total. The van der Waals surface area contributed by atoms with Crippen LogP contribution in [0.3, 0.4) is 0 Å². The fourth-order valence-electron chi connectivity index (χ4n) is 0.996. The summed E-state index contributed by atoms with van der Waals surface area (Å²) in [4.78, 5) is 19.9. The monoisotopic (exact) mass is 324 g/mol. The molecule has 3 aromatic heterocycles. The number of hydrogen-bond donors (Lipinski definition) is 5. The van der Waals surface area contributed by atoms with Gasteiger partial charge in [0.2, 0.25) is 0 Å². The highest BCUT2D eigenvalue weighted by Gasteiger charge is 2.02. The van der Waals surface area contributed by atoms with E-state index in [1.54, 1.807) is 18.5 Å². The molecule has 0 radical (unpaired) electrons. The number of aliphatic hydroxyl groups is 1. The topological polar surface area (TPSA) is 196 Å². The van der Waals surface area contributed by atoms with Crippen LogP contribution in [0.25, 0.3) is 0 Å². The largest absolute Gasteiger partial charge is 0.476 e. The highest BCUT2D eigenvalue weighted by molar-refractivity contribution is 5.84. The van der Waals surface area contributed by atoms with Gasteiger partial charge in [-0.2, -0.15) is 5.10 Å². The van der Waals surface area contributed by atoms with Gasteiger partial charge in [-0.05, 0) is 6.07 Å². The van der Waals surface area contributed by atoms with E-state index in [0.29, 0.717) is 0 Å². The summed E-state index contributed by atoms with van der Waals surface area (Å²) in [6.45, 7) is -0.0347. The summed E-state index contributed by atoms with van der Waals surface area (Å²) in [5.41, 5.74) is -0.130. The van der Waals surface area contributed by atoms with E-state index >= 15 is 0 Å². The van der Waals surface area contributed by atoms with Crippen molar-refractivity contribution in [1.29, 1.82) is 0 Å². The standard InChI is InChI=1S/C4H6N2O.2C3H3N3O2/c7-4-6-3-1-2-5-6;2*7-3(8)2-1-4-6-5-2/h1-3,7H,4H2;2*1H,(H,7,8)(H,4,5,6). The molecule has 0 aliphatic heterocycles. The molecule has 0 aliphatic carbocycles. The number of carbonyl (C=O) groups is 2. The number of H-pyrrole nitrogens is 2. The first-order chi connectivity index (χ1) is 11.0. The number of hydrogen-bond acceptors (Lipinski definition) is 8. The Balaban J connectivity index is 0.000000173. The van der Waals surface area contributed by atoms with Crippen LogP contribution in [0.5, 0.6) is 0 Å². The number of nitrogens with one attached hydrogen (secondary N) is 2. The zero-order valence-electron chi connectivity index (χ0n) is 11.4. The van der Waals surface area contributed by atoms with Crippen molar-refractivity contribution in [3.05, 3.63) is 42.2 Å². The molecule has 23 heavy (non-hydrogen) atoms. The fourth-order valence-corrected chi connectivity index (χ4v) is 0.996. The van der Waals surface area contributed by atoms with Gasteiger partial charge in [0.25, 0.3) is 0 Å². The SMILES string of the molecule is O=C(O)c1c[nH]nn1.O=C(O)c1c[nH]nn1.OCn1cccn1. The molecule has 0 aromatic carbocycles. The molecule has 0 spiro atoms. The number of carboxylic acid groups (broad SMARTS) is 2. The number of aromatic amines is 2. The normalized spacial score (nSPS) is 9.09. The number of carboxylic acids is 2. The third-order valence-corrected chi connectivity index (χ3v) is 1.98. The van der Waals surface area contributed by atoms with Gasteiger partial charge >= 0.3 is 11.9 Å². The summed E-state index contributed by atoms with van der Waals surface area (Å²) >= 11 is 0. The lowest BCUT2D eigenvalue weighted by atomic mass is 10.5. The number of rotatable bonds is 3. The van der Waals surface area contributed by atoms with Gasteiger partial charge in [-0.1, -0.05) is 10.4 Å². The summed E-state index contributed by atoms with van der Waals surface area (Å²) in [6.07, 6.45) is 5.74. The molecular formula is C10H12N8O5. The zero-order valence-corrected chi connectivity index (χ0v) is 11.4. The molecule has 13 heteroatoms. The van der Waals surface area contributed by atoms with Crippen LogP contribution < -0.4 is 0 Å². The predicted octanol–water partition coefficient (Wildman–Crippen LogP) is -1.16.